The fourth-order valence-electron chi connectivity index (χ4n) is 1.79. The first-order valence-electron chi connectivity index (χ1n) is 5.99. The second-order valence-electron chi connectivity index (χ2n) is 4.20. The van der Waals surface area contributed by atoms with Crippen LogP contribution in [0, 0.1) is 11.8 Å². The lowest BCUT2D eigenvalue weighted by Gasteiger charge is -2.15. The molecular formula is C12H18O5. The molecule has 0 bridgehead atoms. The van der Waals surface area contributed by atoms with Gasteiger partial charge in [0.05, 0.1) is 24.9 Å². The van der Waals surface area contributed by atoms with E-state index in [1.54, 1.807) is 0 Å². The molecule has 0 spiro atoms. The van der Waals surface area contributed by atoms with Crippen LogP contribution >= 0.6 is 0 Å². The molecule has 0 aliphatic carbocycles. The number of ether oxygens (including phenoxy) is 2. The van der Waals surface area contributed by atoms with Crippen LogP contribution in [0.4, 0.5) is 0 Å². The zero-order chi connectivity index (χ0) is 12.8. The van der Waals surface area contributed by atoms with Crippen LogP contribution in [0.2, 0.25) is 0 Å². The van der Waals surface area contributed by atoms with Crippen molar-refractivity contribution in [2.75, 3.05) is 6.61 Å². The van der Waals surface area contributed by atoms with E-state index in [2.05, 4.69) is 4.74 Å². The Kier molecular flexibility index (Phi) is 5.12. The number of esters is 3. The Morgan fingerprint density at radius 1 is 1.47 bits per heavy atom. The minimum absolute atomic E-state index is 0.0798. The van der Waals surface area contributed by atoms with Crippen LogP contribution in [0.1, 0.15) is 39.5 Å². The van der Waals surface area contributed by atoms with Gasteiger partial charge in [0.15, 0.2) is 0 Å². The molecule has 0 aromatic carbocycles. The predicted molar refractivity (Wildman–Crippen MR) is 58.9 cm³/mol. The summed E-state index contributed by atoms with van der Waals surface area (Å²) in [5.74, 6) is -2.12. The minimum atomic E-state index is -0.517. The minimum Gasteiger partial charge on any atom is -0.465 e. The van der Waals surface area contributed by atoms with Crippen LogP contribution in [0.25, 0.3) is 0 Å². The van der Waals surface area contributed by atoms with Gasteiger partial charge >= 0.3 is 17.9 Å². The lowest BCUT2D eigenvalue weighted by atomic mass is 9.91. The summed E-state index contributed by atoms with van der Waals surface area (Å²) in [5.41, 5.74) is 0. The molecule has 1 saturated heterocycles. The monoisotopic (exact) mass is 242 g/mol. The largest absolute Gasteiger partial charge is 0.465 e. The van der Waals surface area contributed by atoms with E-state index >= 15 is 0 Å². The zero-order valence-electron chi connectivity index (χ0n) is 10.2. The van der Waals surface area contributed by atoms with Crippen molar-refractivity contribution < 1.29 is 23.9 Å². The Morgan fingerprint density at radius 3 is 2.65 bits per heavy atom. The van der Waals surface area contributed by atoms with Crippen LogP contribution in [0.5, 0.6) is 0 Å². The summed E-state index contributed by atoms with van der Waals surface area (Å²) in [6.45, 7) is 4.17. The smallest absolute Gasteiger partial charge is 0.317 e. The molecule has 2 unspecified atom stereocenters. The quantitative estimate of drug-likeness (QED) is 0.520. The first kappa shape index (κ1) is 13.7. The number of carbonyl (C=O) groups is 3. The van der Waals surface area contributed by atoms with Crippen molar-refractivity contribution in [1.82, 2.24) is 0 Å². The third-order valence-corrected chi connectivity index (χ3v) is 2.80. The summed E-state index contributed by atoms with van der Waals surface area (Å²) in [7, 11) is 0. The van der Waals surface area contributed by atoms with E-state index in [0.717, 1.165) is 6.42 Å². The van der Waals surface area contributed by atoms with Crippen molar-refractivity contribution in [3.8, 4) is 0 Å². The Hall–Kier alpha value is -1.39. The van der Waals surface area contributed by atoms with Gasteiger partial charge in [-0.05, 0) is 19.3 Å². The Bertz CT molecular complexity index is 310. The highest BCUT2D eigenvalue weighted by Crippen LogP contribution is 2.26. The average molecular weight is 242 g/mol. The average Bonchev–Trinajstić information content (AvgIpc) is 2.61. The molecule has 1 heterocycles. The van der Waals surface area contributed by atoms with E-state index in [9.17, 15) is 14.4 Å². The van der Waals surface area contributed by atoms with Crippen LogP contribution in [0.15, 0.2) is 0 Å². The topological polar surface area (TPSA) is 69.7 Å². The van der Waals surface area contributed by atoms with Crippen LogP contribution in [0.3, 0.4) is 0 Å². The standard InChI is InChI=1S/C12H18O5/c1-3-5-16-11(14)8(4-2)6-9-7-10(13)17-12(9)15/h8-9H,3-7H2,1-2H3. The van der Waals surface area contributed by atoms with E-state index in [4.69, 9.17) is 4.74 Å². The summed E-state index contributed by atoms with van der Waals surface area (Å²) in [6, 6.07) is 0. The predicted octanol–water partition coefficient (Wildman–Crippen LogP) is 1.45. The van der Waals surface area contributed by atoms with Crippen molar-refractivity contribution in [3.05, 3.63) is 0 Å². The third-order valence-electron chi connectivity index (χ3n) is 2.80. The van der Waals surface area contributed by atoms with Crippen LogP contribution in [-0.2, 0) is 23.9 Å². The van der Waals surface area contributed by atoms with Crippen molar-refractivity contribution >= 4 is 17.9 Å². The maximum atomic E-state index is 11.6. The van der Waals surface area contributed by atoms with Gasteiger partial charge in [-0.25, -0.2) is 0 Å². The second kappa shape index (κ2) is 6.37. The number of carbonyl (C=O) groups excluding carboxylic acids is 3. The summed E-state index contributed by atoms with van der Waals surface area (Å²) < 4.78 is 9.49. The third kappa shape index (κ3) is 3.84. The highest BCUT2D eigenvalue weighted by molar-refractivity contribution is 5.94. The molecule has 0 aromatic heterocycles. The molecule has 0 saturated carbocycles. The van der Waals surface area contributed by atoms with Crippen LogP contribution < -0.4 is 0 Å². The van der Waals surface area contributed by atoms with Gasteiger partial charge in [-0.2, -0.15) is 0 Å². The molecule has 0 N–H and O–H groups in total. The maximum absolute atomic E-state index is 11.6. The number of hydrogen-bond donors (Lipinski definition) is 0. The molecule has 0 radical (unpaired) electrons. The van der Waals surface area contributed by atoms with Gasteiger partial charge in [0, 0.05) is 0 Å². The van der Waals surface area contributed by atoms with E-state index in [-0.39, 0.29) is 18.3 Å². The lowest BCUT2D eigenvalue weighted by Crippen LogP contribution is -2.22. The van der Waals surface area contributed by atoms with E-state index in [0.29, 0.717) is 19.4 Å². The van der Waals surface area contributed by atoms with Gasteiger partial charge in [-0.3, -0.25) is 14.4 Å². The summed E-state index contributed by atoms with van der Waals surface area (Å²) in [4.78, 5) is 33.8. The van der Waals surface area contributed by atoms with E-state index in [1.165, 1.54) is 0 Å². The van der Waals surface area contributed by atoms with Crippen molar-refractivity contribution in [1.29, 1.82) is 0 Å². The number of hydrogen-bond acceptors (Lipinski definition) is 5. The van der Waals surface area contributed by atoms with Crippen LogP contribution in [-0.4, -0.2) is 24.5 Å². The molecule has 0 aromatic rings. The highest BCUT2D eigenvalue weighted by atomic mass is 16.6. The highest BCUT2D eigenvalue weighted by Gasteiger charge is 2.36. The van der Waals surface area contributed by atoms with Gasteiger partial charge in [0.1, 0.15) is 0 Å². The molecule has 2 atom stereocenters. The summed E-state index contributed by atoms with van der Waals surface area (Å²) in [5, 5.41) is 0. The van der Waals surface area contributed by atoms with E-state index in [1.807, 2.05) is 13.8 Å². The van der Waals surface area contributed by atoms with Crippen molar-refractivity contribution in [2.45, 2.75) is 39.5 Å². The second-order valence-corrected chi connectivity index (χ2v) is 4.20. The molecule has 1 aliphatic rings. The molecule has 1 aliphatic heterocycles. The Balaban J connectivity index is 2.49. The van der Waals surface area contributed by atoms with Gasteiger partial charge in [0.2, 0.25) is 0 Å². The SMILES string of the molecule is CCCOC(=O)C(CC)CC1CC(=O)OC1=O. The molecule has 1 fully saturated rings. The first-order valence-corrected chi connectivity index (χ1v) is 5.99. The molecule has 0 amide bonds. The molecular weight excluding hydrogens is 224 g/mol. The normalized spacial score (nSPS) is 21.2. The van der Waals surface area contributed by atoms with Crippen molar-refractivity contribution in [2.24, 2.45) is 11.8 Å². The van der Waals surface area contributed by atoms with Gasteiger partial charge < -0.3 is 9.47 Å². The van der Waals surface area contributed by atoms with Crippen molar-refractivity contribution in [3.63, 3.8) is 0 Å². The fourth-order valence-corrected chi connectivity index (χ4v) is 1.79. The molecule has 5 heteroatoms. The van der Waals surface area contributed by atoms with Gasteiger partial charge in [-0.1, -0.05) is 13.8 Å². The lowest BCUT2D eigenvalue weighted by molar-refractivity contribution is -0.153. The molecule has 96 valence electrons. The molecule has 5 nitrogen and oxygen atoms in total. The zero-order valence-corrected chi connectivity index (χ0v) is 10.2. The number of cyclic esters (lactones) is 2. The number of rotatable bonds is 6. The summed E-state index contributed by atoms with van der Waals surface area (Å²) in [6.07, 6.45) is 1.78. The Labute approximate surface area is 100 Å². The first-order chi connectivity index (χ1) is 8.08. The Morgan fingerprint density at radius 2 is 2.18 bits per heavy atom. The van der Waals surface area contributed by atoms with Gasteiger partial charge in [-0.15, -0.1) is 0 Å². The van der Waals surface area contributed by atoms with E-state index < -0.39 is 17.9 Å². The fraction of sp³-hybridized carbons (Fsp3) is 0.750. The summed E-state index contributed by atoms with van der Waals surface area (Å²) >= 11 is 0. The maximum Gasteiger partial charge on any atom is 0.317 e. The molecule has 1 rings (SSSR count). The van der Waals surface area contributed by atoms with Gasteiger partial charge in [0.25, 0.3) is 0 Å². The molecule has 17 heavy (non-hydrogen) atoms.